The molecule has 0 saturated heterocycles. The van der Waals surface area contributed by atoms with Crippen molar-refractivity contribution < 1.29 is 0 Å². The van der Waals surface area contributed by atoms with E-state index in [9.17, 15) is 0 Å². The molecule has 1 unspecified atom stereocenters. The van der Waals surface area contributed by atoms with Crippen molar-refractivity contribution in [1.82, 2.24) is 9.97 Å². The van der Waals surface area contributed by atoms with Gasteiger partial charge in [-0.1, -0.05) is 33.3 Å². The Kier molecular flexibility index (Phi) is 5.52. The van der Waals surface area contributed by atoms with Crippen molar-refractivity contribution in [2.24, 2.45) is 5.84 Å². The number of hydrogen-bond acceptors (Lipinski definition) is 6. The molecule has 114 valence electrons. The molecule has 1 atom stereocenters. The third-order valence-corrected chi connectivity index (χ3v) is 4.18. The normalized spacial score (nSPS) is 12.4. The lowest BCUT2D eigenvalue weighted by Gasteiger charge is -2.19. The van der Waals surface area contributed by atoms with Crippen LogP contribution >= 0.6 is 11.3 Å². The number of nitrogens with two attached hydrogens (primary N) is 1. The topological polar surface area (TPSA) is 75.9 Å². The van der Waals surface area contributed by atoms with Gasteiger partial charge >= 0.3 is 0 Å². The van der Waals surface area contributed by atoms with E-state index >= 15 is 0 Å². The van der Waals surface area contributed by atoms with Gasteiger partial charge in [0.25, 0.3) is 0 Å². The van der Waals surface area contributed by atoms with E-state index in [4.69, 9.17) is 5.84 Å². The van der Waals surface area contributed by atoms with Crippen molar-refractivity contribution in [2.45, 2.75) is 45.6 Å². The molecule has 0 radical (unpaired) electrons. The minimum Gasteiger partial charge on any atom is -0.362 e. The maximum absolute atomic E-state index is 5.51. The Morgan fingerprint density at radius 3 is 2.62 bits per heavy atom. The van der Waals surface area contributed by atoms with E-state index in [0.29, 0.717) is 5.82 Å². The zero-order valence-electron chi connectivity index (χ0n) is 12.8. The summed E-state index contributed by atoms with van der Waals surface area (Å²) in [6, 6.07) is 6.36. The lowest BCUT2D eigenvalue weighted by Crippen LogP contribution is -2.15. The summed E-state index contributed by atoms with van der Waals surface area (Å²) in [5.74, 6) is 8.00. The average Bonchev–Trinajstić information content (AvgIpc) is 3.00. The van der Waals surface area contributed by atoms with E-state index in [0.717, 1.165) is 24.5 Å². The van der Waals surface area contributed by atoms with Crippen molar-refractivity contribution in [3.8, 4) is 0 Å². The number of nitrogens with one attached hydrogen (secondary N) is 2. The third-order valence-electron chi connectivity index (χ3n) is 3.19. The number of rotatable bonds is 7. The Hall–Kier alpha value is -1.66. The van der Waals surface area contributed by atoms with Gasteiger partial charge in [-0.25, -0.2) is 15.8 Å². The van der Waals surface area contributed by atoms with Gasteiger partial charge in [0, 0.05) is 16.9 Å². The molecule has 0 aliphatic rings. The monoisotopic (exact) mass is 305 g/mol. The summed E-state index contributed by atoms with van der Waals surface area (Å²) in [5.41, 5.74) is 2.61. The number of thiophene rings is 1. The molecule has 0 spiro atoms. The number of anilines is 2. The lowest BCUT2D eigenvalue weighted by molar-refractivity contribution is 0.680. The highest BCUT2D eigenvalue weighted by atomic mass is 32.1. The molecular weight excluding hydrogens is 282 g/mol. The van der Waals surface area contributed by atoms with Crippen LogP contribution in [0.25, 0.3) is 0 Å². The highest BCUT2D eigenvalue weighted by molar-refractivity contribution is 7.10. The van der Waals surface area contributed by atoms with Gasteiger partial charge in [-0.15, -0.1) is 11.3 Å². The van der Waals surface area contributed by atoms with Gasteiger partial charge in [0.2, 0.25) is 0 Å². The van der Waals surface area contributed by atoms with Crippen LogP contribution in [0.4, 0.5) is 11.6 Å². The van der Waals surface area contributed by atoms with Gasteiger partial charge in [0.05, 0.1) is 6.04 Å². The Balaban J connectivity index is 2.25. The molecule has 0 saturated carbocycles. The van der Waals surface area contributed by atoms with Crippen molar-refractivity contribution in [2.75, 3.05) is 10.7 Å². The van der Waals surface area contributed by atoms with Gasteiger partial charge in [-0.2, -0.15) is 0 Å². The molecule has 0 aliphatic heterocycles. The molecule has 21 heavy (non-hydrogen) atoms. The van der Waals surface area contributed by atoms with Crippen molar-refractivity contribution in [3.05, 3.63) is 34.3 Å². The van der Waals surface area contributed by atoms with E-state index in [2.05, 4.69) is 59.0 Å². The molecule has 2 rings (SSSR count). The SMILES string of the molecule is CCCC(Nc1cc(NN)nc(C(C)C)n1)c1cccs1. The Morgan fingerprint density at radius 2 is 2.05 bits per heavy atom. The Morgan fingerprint density at radius 1 is 1.29 bits per heavy atom. The second-order valence-electron chi connectivity index (χ2n) is 5.30. The molecular formula is C15H23N5S. The summed E-state index contributed by atoms with van der Waals surface area (Å²) in [6.45, 7) is 6.33. The molecule has 4 N–H and O–H groups in total. The van der Waals surface area contributed by atoms with Crippen LogP contribution in [0.2, 0.25) is 0 Å². The predicted molar refractivity (Wildman–Crippen MR) is 89.5 cm³/mol. The number of hydrazine groups is 1. The van der Waals surface area contributed by atoms with E-state index in [1.807, 2.05) is 6.07 Å². The van der Waals surface area contributed by atoms with Crippen molar-refractivity contribution in [1.29, 1.82) is 0 Å². The summed E-state index contributed by atoms with van der Waals surface area (Å²) in [4.78, 5) is 10.3. The van der Waals surface area contributed by atoms with E-state index in [1.54, 1.807) is 11.3 Å². The van der Waals surface area contributed by atoms with Gasteiger partial charge < -0.3 is 10.7 Å². The molecule has 5 nitrogen and oxygen atoms in total. The number of hydrogen-bond donors (Lipinski definition) is 3. The fourth-order valence-corrected chi connectivity index (χ4v) is 2.93. The smallest absolute Gasteiger partial charge is 0.145 e. The maximum atomic E-state index is 5.51. The zero-order chi connectivity index (χ0) is 15.2. The van der Waals surface area contributed by atoms with Crippen LogP contribution in [0.5, 0.6) is 0 Å². The molecule has 0 amide bonds. The summed E-state index contributed by atoms with van der Waals surface area (Å²) in [7, 11) is 0. The standard InChI is InChI=1S/C15H23N5S/c1-4-6-11(12-7-5-8-21-12)17-13-9-14(20-16)19-15(18-13)10(2)3/h5,7-11H,4,6,16H2,1-3H3,(H2,17,18,19,20). The first kappa shape index (κ1) is 15.7. The highest BCUT2D eigenvalue weighted by Gasteiger charge is 2.14. The van der Waals surface area contributed by atoms with Crippen LogP contribution in [0.3, 0.4) is 0 Å². The van der Waals surface area contributed by atoms with Crippen molar-refractivity contribution >= 4 is 23.0 Å². The lowest BCUT2D eigenvalue weighted by atomic mass is 10.1. The van der Waals surface area contributed by atoms with Crippen LogP contribution < -0.4 is 16.6 Å². The summed E-state index contributed by atoms with van der Waals surface area (Å²) < 4.78 is 0. The van der Waals surface area contributed by atoms with Crippen LogP contribution in [-0.2, 0) is 0 Å². The quantitative estimate of drug-likeness (QED) is 0.534. The van der Waals surface area contributed by atoms with Gasteiger partial charge in [0.1, 0.15) is 17.5 Å². The Bertz CT molecular complexity index is 553. The van der Waals surface area contributed by atoms with Gasteiger partial charge in [-0.05, 0) is 17.9 Å². The molecule has 0 aliphatic carbocycles. The Labute approximate surface area is 130 Å². The largest absolute Gasteiger partial charge is 0.362 e. The molecule has 0 aromatic carbocycles. The fraction of sp³-hybridized carbons (Fsp3) is 0.467. The average molecular weight is 305 g/mol. The molecule has 2 aromatic heterocycles. The fourth-order valence-electron chi connectivity index (χ4n) is 2.11. The summed E-state index contributed by atoms with van der Waals surface area (Å²) >= 11 is 1.76. The van der Waals surface area contributed by atoms with E-state index in [-0.39, 0.29) is 12.0 Å². The van der Waals surface area contributed by atoms with E-state index in [1.165, 1.54) is 4.88 Å². The minimum atomic E-state index is 0.255. The second-order valence-corrected chi connectivity index (χ2v) is 6.28. The first-order valence-corrected chi connectivity index (χ1v) is 8.17. The van der Waals surface area contributed by atoms with Gasteiger partial charge in [0.15, 0.2) is 0 Å². The number of nitrogen functional groups attached to an aromatic ring is 1. The predicted octanol–water partition coefficient (Wildman–Crippen LogP) is 3.90. The van der Waals surface area contributed by atoms with E-state index < -0.39 is 0 Å². The maximum Gasteiger partial charge on any atom is 0.145 e. The van der Waals surface area contributed by atoms with Crippen LogP contribution in [-0.4, -0.2) is 9.97 Å². The van der Waals surface area contributed by atoms with Crippen LogP contribution in [0.1, 0.15) is 56.3 Å². The van der Waals surface area contributed by atoms with Crippen LogP contribution in [0.15, 0.2) is 23.6 Å². The molecule has 0 bridgehead atoms. The second kappa shape index (κ2) is 7.38. The number of nitrogens with zero attached hydrogens (tertiary/aromatic N) is 2. The van der Waals surface area contributed by atoms with Crippen LogP contribution in [0, 0.1) is 0 Å². The van der Waals surface area contributed by atoms with Crippen molar-refractivity contribution in [3.63, 3.8) is 0 Å². The highest BCUT2D eigenvalue weighted by Crippen LogP contribution is 2.28. The van der Waals surface area contributed by atoms with Gasteiger partial charge in [-0.3, -0.25) is 0 Å². The third kappa shape index (κ3) is 4.15. The zero-order valence-corrected chi connectivity index (χ0v) is 13.6. The first-order chi connectivity index (χ1) is 10.1. The summed E-state index contributed by atoms with van der Waals surface area (Å²) in [5, 5.41) is 5.62. The molecule has 6 heteroatoms. The minimum absolute atomic E-state index is 0.255. The first-order valence-electron chi connectivity index (χ1n) is 7.29. The summed E-state index contributed by atoms with van der Waals surface area (Å²) in [6.07, 6.45) is 2.17. The molecule has 2 heterocycles. The molecule has 2 aromatic rings. The molecule has 0 fully saturated rings. The number of aromatic nitrogens is 2.